The highest BCUT2D eigenvalue weighted by Crippen LogP contribution is 2.40. The number of para-hydroxylation sites is 1. The fraction of sp³-hybridized carbons (Fsp3) is 0.548. The Morgan fingerprint density at radius 1 is 0.946 bits per heavy atom. The van der Waals surface area contributed by atoms with Gasteiger partial charge in [-0.15, -0.1) is 0 Å². The van der Waals surface area contributed by atoms with E-state index < -0.39 is 11.7 Å². The number of benzene rings is 2. The normalized spacial score (nSPS) is 15.8. The maximum absolute atomic E-state index is 12.8. The summed E-state index contributed by atoms with van der Waals surface area (Å²) in [7, 11) is 0. The van der Waals surface area contributed by atoms with Crippen LogP contribution in [-0.4, -0.2) is 29.8 Å². The van der Waals surface area contributed by atoms with Gasteiger partial charge in [0.05, 0.1) is 12.0 Å². The third-order valence-electron chi connectivity index (χ3n) is 6.51. The van der Waals surface area contributed by atoms with Crippen molar-refractivity contribution in [2.45, 2.75) is 97.5 Å². The van der Waals surface area contributed by atoms with Gasteiger partial charge >= 0.3 is 12.1 Å². The lowest BCUT2D eigenvalue weighted by atomic mass is 9.96. The van der Waals surface area contributed by atoms with Crippen molar-refractivity contribution in [3.8, 4) is 5.75 Å². The first-order valence-electron chi connectivity index (χ1n) is 13.6. The Labute approximate surface area is 222 Å². The Bertz CT molecular complexity index is 996. The Kier molecular flexibility index (Phi) is 10.4. The first-order chi connectivity index (χ1) is 17.6. The number of esters is 1. The van der Waals surface area contributed by atoms with E-state index in [0.717, 1.165) is 55.4 Å². The van der Waals surface area contributed by atoms with Crippen molar-refractivity contribution in [3.63, 3.8) is 0 Å². The van der Waals surface area contributed by atoms with Gasteiger partial charge in [-0.05, 0) is 96.3 Å². The predicted octanol–water partition coefficient (Wildman–Crippen LogP) is 6.85. The molecule has 1 N–H and O–H groups in total. The monoisotopic (exact) mass is 509 g/mol. The SMILES string of the molecule is C[C@H](CC[C@H](C(=O)OCc1ccccc1)C1CC1)Oc1ccccc1CC[C@H](C)NC(=O)OC(C)(C)C. The van der Waals surface area contributed by atoms with Crippen LogP contribution in [0.2, 0.25) is 0 Å². The van der Waals surface area contributed by atoms with Crippen LogP contribution in [0.1, 0.15) is 77.8 Å². The molecule has 0 heterocycles. The van der Waals surface area contributed by atoms with Gasteiger partial charge < -0.3 is 19.5 Å². The van der Waals surface area contributed by atoms with E-state index in [1.807, 2.05) is 76.2 Å². The minimum atomic E-state index is -0.516. The van der Waals surface area contributed by atoms with E-state index in [0.29, 0.717) is 12.5 Å². The molecule has 1 aliphatic carbocycles. The molecular formula is C31H43NO5. The van der Waals surface area contributed by atoms with Gasteiger partial charge in [-0.25, -0.2) is 4.79 Å². The summed E-state index contributed by atoms with van der Waals surface area (Å²) in [4.78, 5) is 24.9. The third-order valence-corrected chi connectivity index (χ3v) is 6.51. The summed E-state index contributed by atoms with van der Waals surface area (Å²) >= 11 is 0. The number of rotatable bonds is 13. The van der Waals surface area contributed by atoms with Crippen molar-refractivity contribution < 1.29 is 23.8 Å². The Morgan fingerprint density at radius 3 is 2.30 bits per heavy atom. The number of hydrogen-bond acceptors (Lipinski definition) is 5. The molecule has 0 unspecified atom stereocenters. The second kappa shape index (κ2) is 13.5. The molecule has 0 aromatic heterocycles. The van der Waals surface area contributed by atoms with Crippen LogP contribution in [0.4, 0.5) is 4.79 Å². The molecule has 202 valence electrons. The van der Waals surface area contributed by atoms with Gasteiger partial charge in [-0.3, -0.25) is 4.79 Å². The number of aryl methyl sites for hydroxylation is 1. The van der Waals surface area contributed by atoms with Gasteiger partial charge in [0.1, 0.15) is 18.0 Å². The largest absolute Gasteiger partial charge is 0.490 e. The average Bonchev–Trinajstić information content (AvgIpc) is 3.67. The van der Waals surface area contributed by atoms with Gasteiger partial charge in [0, 0.05) is 6.04 Å². The molecule has 0 bridgehead atoms. The molecule has 37 heavy (non-hydrogen) atoms. The second-order valence-corrected chi connectivity index (χ2v) is 11.2. The van der Waals surface area contributed by atoms with Crippen LogP contribution in [0.5, 0.6) is 5.75 Å². The summed E-state index contributed by atoms with van der Waals surface area (Å²) in [6.45, 7) is 9.92. The lowest BCUT2D eigenvalue weighted by Crippen LogP contribution is -2.37. The Morgan fingerprint density at radius 2 is 1.62 bits per heavy atom. The molecule has 3 rings (SSSR count). The van der Waals surface area contributed by atoms with E-state index >= 15 is 0 Å². The standard InChI is InChI=1S/C31H43NO5/c1-22(32-30(34)37-31(3,4)5)15-17-26-13-9-10-14-28(26)36-23(2)16-20-27(25-18-19-25)29(33)35-21-24-11-7-6-8-12-24/h6-14,22-23,25,27H,15-21H2,1-5H3,(H,32,34)/t22-,23+,27-/m0/s1. The third kappa shape index (κ3) is 10.5. The lowest BCUT2D eigenvalue weighted by Gasteiger charge is -2.22. The van der Waals surface area contributed by atoms with E-state index in [4.69, 9.17) is 14.2 Å². The van der Waals surface area contributed by atoms with Crippen LogP contribution in [0.25, 0.3) is 0 Å². The quantitative estimate of drug-likeness (QED) is 0.299. The first kappa shape index (κ1) is 28.5. The molecule has 6 heteroatoms. The molecule has 1 amide bonds. The summed E-state index contributed by atoms with van der Waals surface area (Å²) < 4.78 is 17.3. The second-order valence-electron chi connectivity index (χ2n) is 11.2. The molecule has 0 aliphatic heterocycles. The van der Waals surface area contributed by atoms with Gasteiger partial charge in [0.25, 0.3) is 0 Å². The topological polar surface area (TPSA) is 73.9 Å². The molecule has 0 radical (unpaired) electrons. The molecule has 6 nitrogen and oxygen atoms in total. The molecule has 2 aromatic carbocycles. The van der Waals surface area contributed by atoms with E-state index in [2.05, 4.69) is 18.3 Å². The molecule has 1 saturated carbocycles. The minimum absolute atomic E-state index is 0.0263. The van der Waals surface area contributed by atoms with Crippen LogP contribution in [0.15, 0.2) is 54.6 Å². The van der Waals surface area contributed by atoms with Crippen molar-refractivity contribution in [2.75, 3.05) is 0 Å². The van der Waals surface area contributed by atoms with Gasteiger partial charge in [-0.1, -0.05) is 48.5 Å². The first-order valence-corrected chi connectivity index (χ1v) is 13.6. The molecule has 0 spiro atoms. The van der Waals surface area contributed by atoms with Gasteiger partial charge in [-0.2, -0.15) is 0 Å². The fourth-order valence-corrected chi connectivity index (χ4v) is 4.35. The van der Waals surface area contributed by atoms with E-state index in [-0.39, 0.29) is 24.0 Å². The maximum Gasteiger partial charge on any atom is 0.407 e. The Balaban J connectivity index is 1.46. The zero-order valence-corrected chi connectivity index (χ0v) is 23.0. The molecule has 2 aromatic rings. The summed E-state index contributed by atoms with van der Waals surface area (Å²) in [6, 6.07) is 17.8. The zero-order valence-electron chi connectivity index (χ0n) is 23.0. The predicted molar refractivity (Wildman–Crippen MR) is 145 cm³/mol. The molecular weight excluding hydrogens is 466 g/mol. The molecule has 1 aliphatic rings. The van der Waals surface area contributed by atoms with Crippen molar-refractivity contribution in [2.24, 2.45) is 11.8 Å². The average molecular weight is 510 g/mol. The lowest BCUT2D eigenvalue weighted by molar-refractivity contribution is -0.151. The van der Waals surface area contributed by atoms with Crippen LogP contribution in [0.3, 0.4) is 0 Å². The van der Waals surface area contributed by atoms with Gasteiger partial charge in [0.2, 0.25) is 0 Å². The smallest absolute Gasteiger partial charge is 0.407 e. The molecule has 3 atom stereocenters. The van der Waals surface area contributed by atoms with Crippen molar-refractivity contribution in [3.05, 3.63) is 65.7 Å². The number of nitrogens with one attached hydrogen (secondary N) is 1. The number of carbonyl (C=O) groups is 2. The number of alkyl carbamates (subject to hydrolysis) is 1. The van der Waals surface area contributed by atoms with E-state index in [1.165, 1.54) is 0 Å². The van der Waals surface area contributed by atoms with Gasteiger partial charge in [0.15, 0.2) is 0 Å². The summed E-state index contributed by atoms with van der Waals surface area (Å²) in [5.74, 6) is 1.13. The zero-order chi connectivity index (χ0) is 26.8. The highest BCUT2D eigenvalue weighted by Gasteiger charge is 2.37. The van der Waals surface area contributed by atoms with Crippen LogP contribution >= 0.6 is 0 Å². The number of amides is 1. The van der Waals surface area contributed by atoms with Crippen LogP contribution in [-0.2, 0) is 27.3 Å². The molecule has 0 saturated heterocycles. The summed E-state index contributed by atoms with van der Waals surface area (Å²) in [5.41, 5.74) is 1.60. The highest BCUT2D eigenvalue weighted by molar-refractivity contribution is 5.73. The number of carbonyl (C=O) groups excluding carboxylic acids is 2. The van der Waals surface area contributed by atoms with Crippen molar-refractivity contribution >= 4 is 12.1 Å². The van der Waals surface area contributed by atoms with Crippen LogP contribution < -0.4 is 10.1 Å². The fourth-order valence-electron chi connectivity index (χ4n) is 4.35. The summed E-state index contributed by atoms with van der Waals surface area (Å²) in [6.07, 6.45) is 4.86. The Hall–Kier alpha value is -3.02. The van der Waals surface area contributed by atoms with Crippen LogP contribution in [0, 0.1) is 11.8 Å². The van der Waals surface area contributed by atoms with Crippen molar-refractivity contribution in [1.82, 2.24) is 5.32 Å². The van der Waals surface area contributed by atoms with Crippen molar-refractivity contribution in [1.29, 1.82) is 0 Å². The molecule has 1 fully saturated rings. The van der Waals surface area contributed by atoms with E-state index in [1.54, 1.807) is 0 Å². The summed E-state index contributed by atoms with van der Waals surface area (Å²) in [5, 5.41) is 2.90. The number of ether oxygens (including phenoxy) is 3. The number of hydrogen-bond donors (Lipinski definition) is 1. The highest BCUT2D eigenvalue weighted by atomic mass is 16.6. The van der Waals surface area contributed by atoms with E-state index in [9.17, 15) is 9.59 Å². The minimum Gasteiger partial charge on any atom is -0.490 e. The maximum atomic E-state index is 12.8.